The third kappa shape index (κ3) is 1.91. The summed E-state index contributed by atoms with van der Waals surface area (Å²) in [6, 6.07) is 8.36. The van der Waals surface area contributed by atoms with E-state index in [1.54, 1.807) is 0 Å². The van der Waals surface area contributed by atoms with E-state index in [4.69, 9.17) is 4.74 Å². The fourth-order valence-electron chi connectivity index (χ4n) is 1.15. The van der Waals surface area contributed by atoms with Crippen LogP contribution in [0.5, 0.6) is 0 Å². The first kappa shape index (κ1) is 7.07. The molecule has 2 heteroatoms. The lowest BCUT2D eigenvalue weighted by Crippen LogP contribution is -2.03. The molecule has 1 heterocycles. The molecule has 0 spiro atoms. The number of rotatable bonds is 2. The molecule has 1 saturated heterocycles. The molecule has 1 aromatic rings. The van der Waals surface area contributed by atoms with Crippen molar-refractivity contribution in [3.05, 3.63) is 29.8 Å². The molecule has 1 nitrogen and oxygen atoms in total. The highest BCUT2D eigenvalue weighted by molar-refractivity contribution is 6.32. The molecular weight excluding hydrogens is 152 g/mol. The summed E-state index contributed by atoms with van der Waals surface area (Å²) in [5.74, 6) is 0. The van der Waals surface area contributed by atoms with E-state index in [9.17, 15) is 0 Å². The third-order valence-electron chi connectivity index (χ3n) is 1.79. The SMILES string of the molecule is [Si]c1cccc(CC2CO2)c1. The molecule has 2 rings (SSSR count). The fraction of sp³-hybridized carbons (Fsp3) is 0.333. The van der Waals surface area contributed by atoms with Gasteiger partial charge in [-0.2, -0.15) is 0 Å². The molecule has 1 aliphatic heterocycles. The summed E-state index contributed by atoms with van der Waals surface area (Å²) in [6.07, 6.45) is 1.54. The van der Waals surface area contributed by atoms with Crippen molar-refractivity contribution in [3.63, 3.8) is 0 Å². The van der Waals surface area contributed by atoms with Gasteiger partial charge in [-0.05, 0) is 5.56 Å². The van der Waals surface area contributed by atoms with Gasteiger partial charge in [0.2, 0.25) is 0 Å². The van der Waals surface area contributed by atoms with Crippen molar-refractivity contribution in [2.45, 2.75) is 12.5 Å². The molecule has 1 aliphatic rings. The summed E-state index contributed by atoms with van der Waals surface area (Å²) >= 11 is 0. The van der Waals surface area contributed by atoms with E-state index in [0.29, 0.717) is 6.10 Å². The monoisotopic (exact) mass is 161 g/mol. The van der Waals surface area contributed by atoms with Gasteiger partial charge >= 0.3 is 0 Å². The van der Waals surface area contributed by atoms with Gasteiger partial charge in [0.25, 0.3) is 0 Å². The van der Waals surface area contributed by atoms with E-state index in [2.05, 4.69) is 28.4 Å². The minimum absolute atomic E-state index is 0.489. The van der Waals surface area contributed by atoms with E-state index in [1.807, 2.05) is 6.07 Å². The number of hydrogen-bond donors (Lipinski definition) is 0. The Morgan fingerprint density at radius 2 is 2.36 bits per heavy atom. The van der Waals surface area contributed by atoms with Gasteiger partial charge in [0.15, 0.2) is 0 Å². The van der Waals surface area contributed by atoms with Crippen molar-refractivity contribution in [2.75, 3.05) is 6.61 Å². The summed E-state index contributed by atoms with van der Waals surface area (Å²) in [5.41, 5.74) is 1.35. The Balaban J connectivity index is 2.10. The van der Waals surface area contributed by atoms with E-state index in [0.717, 1.165) is 18.2 Å². The average Bonchev–Trinajstić information content (AvgIpc) is 2.71. The fourth-order valence-corrected chi connectivity index (χ4v) is 1.43. The first-order chi connectivity index (χ1) is 5.34. The van der Waals surface area contributed by atoms with Crippen LogP contribution in [0, 0.1) is 0 Å². The number of hydrogen-bond acceptors (Lipinski definition) is 1. The maximum absolute atomic E-state index is 5.14. The van der Waals surface area contributed by atoms with Crippen molar-refractivity contribution in [3.8, 4) is 0 Å². The Kier molecular flexibility index (Phi) is 1.80. The Morgan fingerprint density at radius 1 is 1.55 bits per heavy atom. The molecule has 3 radical (unpaired) electrons. The van der Waals surface area contributed by atoms with E-state index in [1.165, 1.54) is 5.56 Å². The van der Waals surface area contributed by atoms with Crippen molar-refractivity contribution < 1.29 is 4.74 Å². The zero-order valence-electron chi connectivity index (χ0n) is 6.21. The van der Waals surface area contributed by atoms with E-state index < -0.39 is 0 Å². The molecule has 0 bridgehead atoms. The highest BCUT2D eigenvalue weighted by Crippen LogP contribution is 2.14. The van der Waals surface area contributed by atoms with Crippen LogP contribution in [0.15, 0.2) is 24.3 Å². The maximum Gasteiger partial charge on any atom is 0.0850 e. The normalized spacial score (nSPS) is 21.7. The maximum atomic E-state index is 5.14. The van der Waals surface area contributed by atoms with Gasteiger partial charge < -0.3 is 4.74 Å². The van der Waals surface area contributed by atoms with Crippen molar-refractivity contribution in [1.82, 2.24) is 0 Å². The topological polar surface area (TPSA) is 12.5 Å². The largest absolute Gasteiger partial charge is 0.373 e. The van der Waals surface area contributed by atoms with Crippen molar-refractivity contribution in [2.24, 2.45) is 0 Å². The van der Waals surface area contributed by atoms with Gasteiger partial charge in [-0.3, -0.25) is 0 Å². The van der Waals surface area contributed by atoms with Gasteiger partial charge in [-0.15, -0.1) is 0 Å². The smallest absolute Gasteiger partial charge is 0.0850 e. The Hall–Kier alpha value is -0.603. The van der Waals surface area contributed by atoms with Crippen LogP contribution in [0.25, 0.3) is 0 Å². The lowest BCUT2D eigenvalue weighted by Gasteiger charge is -1.97. The van der Waals surface area contributed by atoms with Crippen molar-refractivity contribution in [1.29, 1.82) is 0 Å². The summed E-state index contributed by atoms with van der Waals surface area (Å²) in [4.78, 5) is 0. The second-order valence-corrected chi connectivity index (χ2v) is 3.44. The molecule has 0 aliphatic carbocycles. The summed E-state index contributed by atoms with van der Waals surface area (Å²) in [6.45, 7) is 0.936. The molecule has 1 aromatic carbocycles. The standard InChI is InChI=1S/C9H9OSi/c11-9-3-1-2-7(5-9)4-8-6-10-8/h1-3,5,8H,4,6H2. The second kappa shape index (κ2) is 2.79. The molecule has 0 N–H and O–H groups in total. The second-order valence-electron chi connectivity index (χ2n) is 2.86. The highest BCUT2D eigenvalue weighted by atomic mass is 28.1. The molecule has 0 saturated carbocycles. The minimum atomic E-state index is 0.489. The van der Waals surface area contributed by atoms with Gasteiger partial charge in [-0.25, -0.2) is 0 Å². The molecule has 11 heavy (non-hydrogen) atoms. The van der Waals surface area contributed by atoms with Crippen LogP contribution in [0.2, 0.25) is 0 Å². The van der Waals surface area contributed by atoms with Crippen LogP contribution in [0.1, 0.15) is 5.56 Å². The Labute approximate surface area is 69.8 Å². The Bertz CT molecular complexity index is 255. The van der Waals surface area contributed by atoms with Crippen LogP contribution in [0.4, 0.5) is 0 Å². The quantitative estimate of drug-likeness (QED) is 0.452. The van der Waals surface area contributed by atoms with E-state index >= 15 is 0 Å². The van der Waals surface area contributed by atoms with Crippen LogP contribution in [-0.2, 0) is 11.2 Å². The molecule has 55 valence electrons. The first-order valence-corrected chi connectivity index (χ1v) is 4.27. The lowest BCUT2D eigenvalue weighted by molar-refractivity contribution is 0.407. The molecule has 0 aromatic heterocycles. The summed E-state index contributed by atoms with van der Waals surface area (Å²) in [5, 5.41) is 1.14. The Morgan fingerprint density at radius 3 is 3.00 bits per heavy atom. The van der Waals surface area contributed by atoms with Crippen LogP contribution in [0.3, 0.4) is 0 Å². The molecule has 1 unspecified atom stereocenters. The summed E-state index contributed by atoms with van der Waals surface area (Å²) in [7, 11) is 3.48. The molecule has 0 amide bonds. The average molecular weight is 161 g/mol. The van der Waals surface area contributed by atoms with E-state index in [-0.39, 0.29) is 0 Å². The predicted molar refractivity (Wildman–Crippen MR) is 45.3 cm³/mol. The molecule has 1 fully saturated rings. The minimum Gasteiger partial charge on any atom is -0.373 e. The van der Waals surface area contributed by atoms with Gasteiger partial charge in [0.1, 0.15) is 0 Å². The first-order valence-electron chi connectivity index (χ1n) is 3.77. The molecular formula is C9H9OSi. The zero-order chi connectivity index (χ0) is 7.68. The molecule has 1 atom stereocenters. The predicted octanol–water partition coefficient (Wildman–Crippen LogP) is 0.422. The lowest BCUT2D eigenvalue weighted by atomic mass is 10.1. The number of ether oxygens (including phenoxy) is 1. The number of benzene rings is 1. The van der Waals surface area contributed by atoms with Crippen LogP contribution in [-0.4, -0.2) is 23.0 Å². The van der Waals surface area contributed by atoms with Crippen molar-refractivity contribution >= 4 is 15.4 Å². The third-order valence-corrected chi connectivity index (χ3v) is 2.10. The zero-order valence-corrected chi connectivity index (χ0v) is 7.21. The number of epoxide rings is 1. The van der Waals surface area contributed by atoms with Gasteiger partial charge in [0.05, 0.1) is 23.0 Å². The van der Waals surface area contributed by atoms with Gasteiger partial charge in [0, 0.05) is 6.42 Å². The highest BCUT2D eigenvalue weighted by Gasteiger charge is 2.22. The van der Waals surface area contributed by atoms with Gasteiger partial charge in [-0.1, -0.05) is 29.5 Å². The summed E-state index contributed by atoms with van der Waals surface area (Å²) < 4.78 is 5.14. The van der Waals surface area contributed by atoms with Crippen LogP contribution >= 0.6 is 0 Å². The van der Waals surface area contributed by atoms with Crippen LogP contribution < -0.4 is 5.19 Å².